The van der Waals surface area contributed by atoms with Crippen LogP contribution in [0.15, 0.2) is 12.2 Å². The first-order chi connectivity index (χ1) is 47.3. The normalized spacial score (nSPS) is 26.9. The van der Waals surface area contributed by atoms with E-state index in [0.717, 1.165) is 44.9 Å². The molecule has 3 saturated heterocycles. The summed E-state index contributed by atoms with van der Waals surface area (Å²) >= 11 is 0. The molecule has 0 saturated carbocycles. The molecule has 3 fully saturated rings. The van der Waals surface area contributed by atoms with Gasteiger partial charge in [-0.15, -0.1) is 0 Å². The van der Waals surface area contributed by atoms with E-state index in [9.17, 15) is 61.0 Å². The zero-order valence-electron chi connectivity index (χ0n) is 61.3. The molecule has 17 unspecified atom stereocenters. The summed E-state index contributed by atoms with van der Waals surface area (Å²) in [6.07, 6.45) is 43.7. The van der Waals surface area contributed by atoms with Gasteiger partial charge in [-0.05, 0) is 19.3 Å². The minimum Gasteiger partial charge on any atom is -0.394 e. The summed E-state index contributed by atoms with van der Waals surface area (Å²) in [5, 5.41) is 121. The van der Waals surface area contributed by atoms with Crippen molar-refractivity contribution in [3.63, 3.8) is 0 Å². The van der Waals surface area contributed by atoms with Crippen molar-refractivity contribution in [1.82, 2.24) is 5.32 Å². The fourth-order valence-electron chi connectivity index (χ4n) is 14.1. The van der Waals surface area contributed by atoms with Crippen LogP contribution in [0.25, 0.3) is 0 Å². The smallest absolute Gasteiger partial charge is 0.220 e. The summed E-state index contributed by atoms with van der Waals surface area (Å²) in [5.74, 6) is -0.267. The fraction of sp³-hybridized carbons (Fsp3) is 0.962. The number of carbonyl (C=O) groups excluding carboxylic acids is 1. The summed E-state index contributed by atoms with van der Waals surface area (Å²) in [5.41, 5.74) is 0. The Balaban J connectivity index is 1.31. The number of hydrogen-bond donors (Lipinski definition) is 12. The van der Waals surface area contributed by atoms with Crippen molar-refractivity contribution >= 4 is 5.91 Å². The third kappa shape index (κ3) is 40.4. The van der Waals surface area contributed by atoms with E-state index in [-0.39, 0.29) is 18.9 Å². The summed E-state index contributed by atoms with van der Waals surface area (Å²) in [6.45, 7) is 1.79. The van der Waals surface area contributed by atoms with Gasteiger partial charge in [-0.25, -0.2) is 0 Å². The fourth-order valence-corrected chi connectivity index (χ4v) is 14.1. The van der Waals surface area contributed by atoms with Crippen molar-refractivity contribution in [2.75, 3.05) is 26.4 Å². The highest BCUT2D eigenvalue weighted by Crippen LogP contribution is 2.33. The molecule has 0 spiro atoms. The number of aliphatic hydroxyl groups excluding tert-OH is 11. The quantitative estimate of drug-likeness (QED) is 0.0199. The van der Waals surface area contributed by atoms with Crippen LogP contribution in [0.1, 0.15) is 348 Å². The molecule has 3 aliphatic heterocycles. The van der Waals surface area contributed by atoms with Crippen LogP contribution in [0.2, 0.25) is 0 Å². The number of ether oxygens (including phenoxy) is 6. The number of hydrogen-bond acceptors (Lipinski definition) is 18. The Bertz CT molecular complexity index is 1800. The van der Waals surface area contributed by atoms with Crippen LogP contribution in [-0.2, 0) is 33.2 Å². The van der Waals surface area contributed by atoms with E-state index in [1.807, 2.05) is 6.08 Å². The lowest BCUT2D eigenvalue weighted by atomic mass is 9.96. The Morgan fingerprint density at radius 3 is 0.969 bits per heavy atom. The predicted molar refractivity (Wildman–Crippen MR) is 383 cm³/mol. The summed E-state index contributed by atoms with van der Waals surface area (Å²) in [6, 6.07) is -0.969. The molecule has 3 rings (SSSR count). The van der Waals surface area contributed by atoms with Crippen molar-refractivity contribution in [3.8, 4) is 0 Å². The van der Waals surface area contributed by atoms with E-state index in [1.165, 1.54) is 276 Å². The first kappa shape index (κ1) is 89.7. The molecule has 97 heavy (non-hydrogen) atoms. The topological polar surface area (TPSA) is 307 Å². The largest absolute Gasteiger partial charge is 0.394 e. The van der Waals surface area contributed by atoms with Gasteiger partial charge in [0.2, 0.25) is 5.91 Å². The Morgan fingerprint density at radius 1 is 0.361 bits per heavy atom. The Hall–Kier alpha value is -1.47. The highest BCUT2D eigenvalue weighted by atomic mass is 16.8. The van der Waals surface area contributed by atoms with Gasteiger partial charge in [-0.2, -0.15) is 0 Å². The monoisotopic (exact) mass is 1390 g/mol. The van der Waals surface area contributed by atoms with Crippen LogP contribution in [0.4, 0.5) is 0 Å². The van der Waals surface area contributed by atoms with E-state index in [2.05, 4.69) is 19.2 Å². The number of amides is 1. The van der Waals surface area contributed by atoms with Gasteiger partial charge in [0.15, 0.2) is 18.9 Å². The predicted octanol–water partition coefficient (Wildman–Crippen LogP) is 13.2. The molecule has 0 aromatic heterocycles. The molecular weight excluding hydrogens is 1240 g/mol. The minimum atomic E-state index is -1.98. The summed E-state index contributed by atoms with van der Waals surface area (Å²) in [7, 11) is 0. The van der Waals surface area contributed by atoms with Gasteiger partial charge in [0, 0.05) is 6.42 Å². The van der Waals surface area contributed by atoms with E-state index in [1.54, 1.807) is 6.08 Å². The number of rotatable bonds is 65. The van der Waals surface area contributed by atoms with Gasteiger partial charge < -0.3 is 89.9 Å². The molecule has 17 atom stereocenters. The van der Waals surface area contributed by atoms with Crippen LogP contribution >= 0.6 is 0 Å². The molecule has 3 heterocycles. The van der Waals surface area contributed by atoms with E-state index < -0.39 is 124 Å². The maximum atomic E-state index is 13.4. The molecule has 19 nitrogen and oxygen atoms in total. The third-order valence-corrected chi connectivity index (χ3v) is 20.6. The lowest BCUT2D eigenvalue weighted by Gasteiger charge is -2.48. The van der Waals surface area contributed by atoms with Gasteiger partial charge in [0.05, 0.1) is 38.6 Å². The molecule has 0 aromatic rings. The molecule has 3 aliphatic rings. The molecule has 574 valence electrons. The lowest BCUT2D eigenvalue weighted by Crippen LogP contribution is -2.66. The zero-order valence-corrected chi connectivity index (χ0v) is 61.3. The molecule has 19 heteroatoms. The Morgan fingerprint density at radius 2 is 0.639 bits per heavy atom. The maximum absolute atomic E-state index is 13.4. The van der Waals surface area contributed by atoms with E-state index in [0.29, 0.717) is 6.42 Å². The number of nitrogens with one attached hydrogen (secondary N) is 1. The summed E-state index contributed by atoms with van der Waals surface area (Å²) < 4.78 is 34.4. The SMILES string of the molecule is CCCCCCCCCCCCCCCC/C=C/C(O)C(COC1OC(CO)C(OC2OC(CO)C(OC3OC(CO)C(O)C(O)C3O)C(O)C2O)C(O)C1O)NC(=O)CCCCCCCCCCCCCCCCCCCCCCCCCCCCCCCCCCCCCC. The first-order valence-corrected chi connectivity index (χ1v) is 40.4. The van der Waals surface area contributed by atoms with Crippen molar-refractivity contribution < 1.29 is 89.4 Å². The van der Waals surface area contributed by atoms with E-state index in [4.69, 9.17) is 28.4 Å². The van der Waals surface area contributed by atoms with E-state index >= 15 is 0 Å². The number of carbonyl (C=O) groups is 1. The first-order valence-electron chi connectivity index (χ1n) is 40.4. The lowest BCUT2D eigenvalue weighted by molar-refractivity contribution is -0.379. The number of unbranched alkanes of at least 4 members (excludes halogenated alkanes) is 49. The van der Waals surface area contributed by atoms with Crippen LogP contribution in [0.5, 0.6) is 0 Å². The number of allylic oxidation sites excluding steroid dienone is 1. The highest BCUT2D eigenvalue weighted by molar-refractivity contribution is 5.76. The summed E-state index contributed by atoms with van der Waals surface area (Å²) in [4.78, 5) is 13.4. The molecule has 0 aromatic carbocycles. The highest BCUT2D eigenvalue weighted by Gasteiger charge is 2.54. The molecular formula is C78H149NO18. The minimum absolute atomic E-state index is 0.250. The van der Waals surface area contributed by atoms with Crippen LogP contribution in [-0.4, -0.2) is 193 Å². The Kier molecular flexibility index (Phi) is 55.4. The van der Waals surface area contributed by atoms with Crippen LogP contribution in [0.3, 0.4) is 0 Å². The van der Waals surface area contributed by atoms with Gasteiger partial charge in [-0.3, -0.25) is 4.79 Å². The second-order valence-corrected chi connectivity index (χ2v) is 29.2. The van der Waals surface area contributed by atoms with Gasteiger partial charge in [0.1, 0.15) is 73.2 Å². The van der Waals surface area contributed by atoms with Crippen molar-refractivity contribution in [3.05, 3.63) is 12.2 Å². The zero-order chi connectivity index (χ0) is 70.4. The molecule has 0 aliphatic carbocycles. The molecule has 0 bridgehead atoms. The van der Waals surface area contributed by atoms with Gasteiger partial charge in [0.25, 0.3) is 0 Å². The number of aliphatic hydroxyl groups is 11. The van der Waals surface area contributed by atoms with Crippen LogP contribution in [0, 0.1) is 0 Å². The Labute approximate surface area is 588 Å². The van der Waals surface area contributed by atoms with Crippen molar-refractivity contribution in [2.45, 2.75) is 452 Å². The maximum Gasteiger partial charge on any atom is 0.220 e. The van der Waals surface area contributed by atoms with Gasteiger partial charge >= 0.3 is 0 Å². The molecule has 12 N–H and O–H groups in total. The average Bonchev–Trinajstić information content (AvgIpc) is 0.826. The van der Waals surface area contributed by atoms with Crippen molar-refractivity contribution in [1.29, 1.82) is 0 Å². The second-order valence-electron chi connectivity index (χ2n) is 29.2. The van der Waals surface area contributed by atoms with Crippen molar-refractivity contribution in [2.24, 2.45) is 0 Å². The standard InChI is InChI=1S/C78H149NO18/c1-3-5-7-9-11-13-15-17-19-21-22-23-24-25-26-27-28-29-30-31-32-33-34-35-36-37-38-39-40-42-44-46-48-50-52-54-56-66(84)79-61(62(83)55-53-51-49-47-45-43-41-20-18-16-14-12-10-8-6-4-2)60-92-76-72(90)69(87)74(64(58-81)94-76)97-78-73(91)70(88)75(65(59-82)95-78)96-77-71(89)68(86)67(85)63(57-80)93-77/h53,55,61-65,67-78,80-83,85-91H,3-52,54,56-60H2,1-2H3,(H,79,84)/b55-53+. The van der Waals surface area contributed by atoms with Crippen LogP contribution < -0.4 is 5.32 Å². The molecule has 0 radical (unpaired) electrons. The second kappa shape index (κ2) is 59.9. The molecule has 1 amide bonds. The average molecular weight is 1390 g/mol. The van der Waals surface area contributed by atoms with Gasteiger partial charge in [-0.1, -0.05) is 334 Å². The third-order valence-electron chi connectivity index (χ3n) is 20.6.